The second kappa shape index (κ2) is 8.63. The molecule has 1 aromatic carbocycles. The third-order valence-electron chi connectivity index (χ3n) is 3.81. The van der Waals surface area contributed by atoms with Gasteiger partial charge in [-0.05, 0) is 37.9 Å². The van der Waals surface area contributed by atoms with Crippen molar-refractivity contribution in [3.05, 3.63) is 18.2 Å². The molecule has 1 unspecified atom stereocenters. The minimum absolute atomic E-state index is 0.00740. The van der Waals surface area contributed by atoms with Gasteiger partial charge in [-0.3, -0.25) is 4.79 Å². The van der Waals surface area contributed by atoms with E-state index in [1.54, 1.807) is 13.2 Å². The van der Waals surface area contributed by atoms with Gasteiger partial charge >= 0.3 is 0 Å². The number of amides is 1. The van der Waals surface area contributed by atoms with Crippen LogP contribution in [0.2, 0.25) is 0 Å². The van der Waals surface area contributed by atoms with Gasteiger partial charge in [0.2, 0.25) is 5.91 Å². The number of rotatable bonds is 8. The first-order valence-electron chi connectivity index (χ1n) is 8.07. The molecule has 1 amide bonds. The van der Waals surface area contributed by atoms with Gasteiger partial charge in [0.05, 0.1) is 19.4 Å². The van der Waals surface area contributed by atoms with Gasteiger partial charge in [-0.1, -0.05) is 13.3 Å². The molecule has 1 aliphatic rings. The lowest BCUT2D eigenvalue weighted by Gasteiger charge is -2.15. The molecule has 1 atom stereocenters. The minimum Gasteiger partial charge on any atom is -0.497 e. The quantitative estimate of drug-likeness (QED) is 0.725. The zero-order valence-corrected chi connectivity index (χ0v) is 13.5. The molecule has 0 aromatic heterocycles. The molecule has 0 radical (unpaired) electrons. The van der Waals surface area contributed by atoms with Crippen LogP contribution < -0.4 is 20.1 Å². The van der Waals surface area contributed by atoms with Gasteiger partial charge in [-0.25, -0.2) is 0 Å². The average Bonchev–Trinajstić information content (AvgIpc) is 3.01. The van der Waals surface area contributed by atoms with E-state index in [4.69, 9.17) is 9.47 Å². The first kappa shape index (κ1) is 16.6. The largest absolute Gasteiger partial charge is 0.497 e. The van der Waals surface area contributed by atoms with Gasteiger partial charge in [-0.15, -0.1) is 0 Å². The number of hydrogen-bond acceptors (Lipinski definition) is 4. The van der Waals surface area contributed by atoms with Crippen LogP contribution in [0, 0.1) is 0 Å². The molecule has 1 aromatic rings. The van der Waals surface area contributed by atoms with E-state index in [-0.39, 0.29) is 11.9 Å². The predicted molar refractivity (Wildman–Crippen MR) is 87.7 cm³/mol. The van der Waals surface area contributed by atoms with Gasteiger partial charge in [0, 0.05) is 18.5 Å². The molecule has 5 nitrogen and oxygen atoms in total. The summed E-state index contributed by atoms with van der Waals surface area (Å²) in [5.74, 6) is 1.41. The maximum absolute atomic E-state index is 12.2. The number of unbranched alkanes of at least 4 members (excludes halogenated alkanes) is 1. The van der Waals surface area contributed by atoms with Crippen molar-refractivity contribution in [1.82, 2.24) is 5.32 Å². The normalized spacial score (nSPS) is 17.3. The maximum atomic E-state index is 12.2. The molecular formula is C17H26N2O3. The number of carbonyl (C=O) groups excluding carboxylic acids is 1. The highest BCUT2D eigenvalue weighted by molar-refractivity contribution is 5.93. The highest BCUT2D eigenvalue weighted by Crippen LogP contribution is 2.29. The van der Waals surface area contributed by atoms with Crippen molar-refractivity contribution in [3.8, 4) is 11.5 Å². The molecule has 5 heteroatoms. The van der Waals surface area contributed by atoms with Crippen molar-refractivity contribution in [1.29, 1.82) is 0 Å². The lowest BCUT2D eigenvalue weighted by molar-refractivity contribution is -0.116. The summed E-state index contributed by atoms with van der Waals surface area (Å²) in [4.78, 5) is 12.2. The molecule has 1 heterocycles. The van der Waals surface area contributed by atoms with E-state index < -0.39 is 0 Å². The first-order chi connectivity index (χ1) is 10.7. The fraction of sp³-hybridized carbons (Fsp3) is 0.588. The van der Waals surface area contributed by atoms with Crippen LogP contribution in [0.3, 0.4) is 0 Å². The van der Waals surface area contributed by atoms with Gasteiger partial charge in [0.25, 0.3) is 0 Å². The van der Waals surface area contributed by atoms with Crippen molar-refractivity contribution in [2.24, 2.45) is 0 Å². The zero-order valence-electron chi connectivity index (χ0n) is 13.5. The van der Waals surface area contributed by atoms with Crippen LogP contribution in [0.1, 0.15) is 39.0 Å². The Morgan fingerprint density at radius 1 is 1.45 bits per heavy atom. The Hall–Kier alpha value is -1.75. The summed E-state index contributed by atoms with van der Waals surface area (Å²) in [5, 5.41) is 6.29. The molecule has 0 bridgehead atoms. The number of benzene rings is 1. The summed E-state index contributed by atoms with van der Waals surface area (Å²) in [6.07, 6.45) is 4.76. The van der Waals surface area contributed by atoms with Gasteiger partial charge in [-0.2, -0.15) is 0 Å². The Labute approximate surface area is 132 Å². The van der Waals surface area contributed by atoms with E-state index in [1.165, 1.54) is 0 Å². The Morgan fingerprint density at radius 3 is 3.00 bits per heavy atom. The van der Waals surface area contributed by atoms with Crippen molar-refractivity contribution >= 4 is 11.6 Å². The first-order valence-corrected chi connectivity index (χ1v) is 8.07. The van der Waals surface area contributed by atoms with E-state index in [1.807, 2.05) is 12.1 Å². The SMILES string of the molecule is CCCCOc1ccc(OC)cc1NC(=O)CC1CCCN1. The van der Waals surface area contributed by atoms with E-state index in [9.17, 15) is 4.79 Å². The Morgan fingerprint density at radius 2 is 2.32 bits per heavy atom. The summed E-state index contributed by atoms with van der Waals surface area (Å²) in [6, 6.07) is 5.78. The Bertz CT molecular complexity index is 485. The summed E-state index contributed by atoms with van der Waals surface area (Å²) in [5.41, 5.74) is 0.679. The lowest BCUT2D eigenvalue weighted by Crippen LogP contribution is -2.27. The summed E-state index contributed by atoms with van der Waals surface area (Å²) in [7, 11) is 1.61. The van der Waals surface area contributed by atoms with E-state index in [0.29, 0.717) is 30.2 Å². The fourth-order valence-corrected chi connectivity index (χ4v) is 2.54. The Kier molecular flexibility index (Phi) is 6.52. The molecule has 22 heavy (non-hydrogen) atoms. The van der Waals surface area contributed by atoms with Gasteiger partial charge in [0.1, 0.15) is 11.5 Å². The molecule has 0 spiro atoms. The van der Waals surface area contributed by atoms with Crippen LogP contribution in [-0.2, 0) is 4.79 Å². The molecule has 1 aliphatic heterocycles. The molecule has 2 rings (SSSR count). The van der Waals surface area contributed by atoms with Crippen molar-refractivity contribution in [2.45, 2.75) is 45.1 Å². The second-order valence-corrected chi connectivity index (χ2v) is 5.61. The van der Waals surface area contributed by atoms with E-state index in [0.717, 1.165) is 32.2 Å². The van der Waals surface area contributed by atoms with Crippen LogP contribution in [0.15, 0.2) is 18.2 Å². The Balaban J connectivity index is 2.00. The third kappa shape index (κ3) is 4.91. The number of nitrogens with one attached hydrogen (secondary N) is 2. The molecule has 122 valence electrons. The number of carbonyl (C=O) groups is 1. The van der Waals surface area contributed by atoms with E-state index >= 15 is 0 Å². The fourth-order valence-electron chi connectivity index (χ4n) is 2.54. The van der Waals surface area contributed by atoms with E-state index in [2.05, 4.69) is 17.6 Å². The lowest BCUT2D eigenvalue weighted by atomic mass is 10.1. The van der Waals surface area contributed by atoms with Crippen molar-refractivity contribution in [2.75, 3.05) is 25.6 Å². The monoisotopic (exact) mass is 306 g/mol. The summed E-state index contributed by atoms with van der Waals surface area (Å²) in [6.45, 7) is 3.77. The molecular weight excluding hydrogens is 280 g/mol. The van der Waals surface area contributed by atoms with Crippen molar-refractivity contribution < 1.29 is 14.3 Å². The predicted octanol–water partition coefficient (Wildman–Crippen LogP) is 2.95. The highest BCUT2D eigenvalue weighted by Gasteiger charge is 2.18. The average molecular weight is 306 g/mol. The third-order valence-corrected chi connectivity index (χ3v) is 3.81. The maximum Gasteiger partial charge on any atom is 0.226 e. The second-order valence-electron chi connectivity index (χ2n) is 5.61. The zero-order chi connectivity index (χ0) is 15.8. The number of methoxy groups -OCH3 is 1. The number of anilines is 1. The van der Waals surface area contributed by atoms with Crippen LogP contribution in [0.5, 0.6) is 11.5 Å². The summed E-state index contributed by atoms with van der Waals surface area (Å²) >= 11 is 0. The standard InChI is InChI=1S/C17H26N2O3/c1-3-4-10-22-16-8-7-14(21-2)12-15(16)19-17(20)11-13-6-5-9-18-13/h7-8,12-13,18H,3-6,9-11H2,1-2H3,(H,19,20). The highest BCUT2D eigenvalue weighted by atomic mass is 16.5. The van der Waals surface area contributed by atoms with Crippen LogP contribution in [0.25, 0.3) is 0 Å². The molecule has 2 N–H and O–H groups in total. The molecule has 0 aliphatic carbocycles. The van der Waals surface area contributed by atoms with Gasteiger partial charge < -0.3 is 20.1 Å². The summed E-state index contributed by atoms with van der Waals surface area (Å²) < 4.78 is 11.0. The van der Waals surface area contributed by atoms with Crippen LogP contribution in [-0.4, -0.2) is 32.2 Å². The van der Waals surface area contributed by atoms with Gasteiger partial charge in [0.15, 0.2) is 0 Å². The number of ether oxygens (including phenoxy) is 2. The minimum atomic E-state index is 0.00740. The number of hydrogen-bond donors (Lipinski definition) is 2. The van der Waals surface area contributed by atoms with Crippen LogP contribution in [0.4, 0.5) is 5.69 Å². The molecule has 1 fully saturated rings. The smallest absolute Gasteiger partial charge is 0.226 e. The van der Waals surface area contributed by atoms with Crippen LogP contribution >= 0.6 is 0 Å². The molecule has 0 saturated carbocycles. The topological polar surface area (TPSA) is 59.6 Å². The van der Waals surface area contributed by atoms with Crippen molar-refractivity contribution in [3.63, 3.8) is 0 Å². The molecule has 1 saturated heterocycles.